The van der Waals surface area contributed by atoms with Crippen LogP contribution in [0.4, 0.5) is 0 Å². The first-order valence-corrected chi connectivity index (χ1v) is 9.18. The minimum absolute atomic E-state index is 0.202. The summed E-state index contributed by atoms with van der Waals surface area (Å²) in [6, 6.07) is 8.83. The number of sulfonamides is 1. The van der Waals surface area contributed by atoms with E-state index >= 15 is 0 Å². The fourth-order valence-corrected chi connectivity index (χ4v) is 4.41. The van der Waals surface area contributed by atoms with Crippen LogP contribution in [0.15, 0.2) is 35.2 Å². The van der Waals surface area contributed by atoms with Gasteiger partial charge in [-0.25, -0.2) is 12.7 Å². The van der Waals surface area contributed by atoms with Crippen LogP contribution in [0.3, 0.4) is 0 Å². The molecule has 128 valence electrons. The first-order valence-electron chi connectivity index (χ1n) is 7.74. The molecule has 1 amide bonds. The highest BCUT2D eigenvalue weighted by molar-refractivity contribution is 7.89. The minimum atomic E-state index is -3.90. The maximum absolute atomic E-state index is 13.0. The van der Waals surface area contributed by atoms with Gasteiger partial charge in [0.2, 0.25) is 0 Å². The number of nitrogens with zero attached hydrogens (tertiary/aromatic N) is 1. The van der Waals surface area contributed by atoms with E-state index < -0.39 is 15.9 Å². The molecule has 2 aromatic rings. The van der Waals surface area contributed by atoms with Crippen molar-refractivity contribution < 1.29 is 13.2 Å². The maximum atomic E-state index is 13.0. The predicted molar refractivity (Wildman–Crippen MR) is 95.8 cm³/mol. The monoisotopic (exact) mass is 345 g/mol. The van der Waals surface area contributed by atoms with Gasteiger partial charge in [-0.3, -0.25) is 4.79 Å². The minimum Gasteiger partial charge on any atom is -0.268 e. The molecule has 0 radical (unpaired) electrons. The van der Waals surface area contributed by atoms with Crippen molar-refractivity contribution in [2.24, 2.45) is 0 Å². The molecule has 0 aliphatic heterocycles. The summed E-state index contributed by atoms with van der Waals surface area (Å²) >= 11 is 0. The summed E-state index contributed by atoms with van der Waals surface area (Å²) in [5, 5.41) is 0. The van der Waals surface area contributed by atoms with E-state index in [1.54, 1.807) is 26.0 Å². The summed E-state index contributed by atoms with van der Waals surface area (Å²) in [5.74, 6) is -0.530. The lowest BCUT2D eigenvalue weighted by Gasteiger charge is -2.21. The maximum Gasteiger partial charge on any atom is 0.267 e. The fourth-order valence-electron chi connectivity index (χ4n) is 2.88. The quantitative estimate of drug-likeness (QED) is 0.852. The summed E-state index contributed by atoms with van der Waals surface area (Å²) in [5.41, 5.74) is 4.66. The number of hydrogen-bond donors (Lipinski definition) is 0. The van der Waals surface area contributed by atoms with Crippen LogP contribution >= 0.6 is 0 Å². The Balaban J connectivity index is 2.49. The highest BCUT2D eigenvalue weighted by atomic mass is 32.2. The van der Waals surface area contributed by atoms with Crippen molar-refractivity contribution in [3.05, 3.63) is 63.7 Å². The smallest absolute Gasteiger partial charge is 0.267 e. The second-order valence-corrected chi connectivity index (χ2v) is 8.21. The van der Waals surface area contributed by atoms with Crippen LogP contribution in [-0.4, -0.2) is 25.7 Å². The van der Waals surface area contributed by atoms with E-state index in [9.17, 15) is 13.2 Å². The summed E-state index contributed by atoms with van der Waals surface area (Å²) in [6.45, 7) is 9.26. The van der Waals surface area contributed by atoms with E-state index in [-0.39, 0.29) is 4.90 Å². The lowest BCUT2D eigenvalue weighted by Crippen LogP contribution is -2.34. The molecule has 0 saturated carbocycles. The molecule has 0 unspecified atom stereocenters. The third-order valence-electron chi connectivity index (χ3n) is 4.26. The van der Waals surface area contributed by atoms with Gasteiger partial charge in [0.1, 0.15) is 0 Å². The van der Waals surface area contributed by atoms with Gasteiger partial charge < -0.3 is 0 Å². The van der Waals surface area contributed by atoms with E-state index in [4.69, 9.17) is 0 Å². The van der Waals surface area contributed by atoms with E-state index in [1.807, 2.05) is 39.0 Å². The van der Waals surface area contributed by atoms with E-state index in [0.29, 0.717) is 16.7 Å². The molecule has 0 bridgehead atoms. The Bertz CT molecular complexity index is 891. The number of carbonyl (C=O) groups is 1. The molecule has 0 fully saturated rings. The first kappa shape index (κ1) is 18.2. The number of benzene rings is 2. The molecular weight excluding hydrogens is 322 g/mol. The zero-order valence-corrected chi connectivity index (χ0v) is 15.8. The van der Waals surface area contributed by atoms with Gasteiger partial charge in [-0.05, 0) is 69.0 Å². The Labute approximate surface area is 144 Å². The van der Waals surface area contributed by atoms with Crippen LogP contribution in [0.5, 0.6) is 0 Å². The number of aryl methyl sites for hydroxylation is 5. The highest BCUT2D eigenvalue weighted by Crippen LogP contribution is 2.25. The van der Waals surface area contributed by atoms with Crippen molar-refractivity contribution in [3.8, 4) is 0 Å². The molecule has 0 aliphatic rings. The molecular formula is C19H23NO3S. The van der Waals surface area contributed by atoms with Crippen molar-refractivity contribution in [2.75, 3.05) is 7.05 Å². The zero-order valence-electron chi connectivity index (χ0n) is 15.0. The second kappa shape index (κ2) is 6.40. The van der Waals surface area contributed by atoms with Gasteiger partial charge in [-0.1, -0.05) is 23.8 Å². The van der Waals surface area contributed by atoms with Crippen LogP contribution < -0.4 is 0 Å². The fraction of sp³-hybridized carbons (Fsp3) is 0.316. The Morgan fingerprint density at radius 1 is 0.833 bits per heavy atom. The van der Waals surface area contributed by atoms with Gasteiger partial charge in [0.05, 0.1) is 4.90 Å². The van der Waals surface area contributed by atoms with Gasteiger partial charge in [0.25, 0.3) is 15.9 Å². The van der Waals surface area contributed by atoms with Crippen molar-refractivity contribution in [2.45, 2.75) is 39.5 Å². The predicted octanol–water partition coefficient (Wildman–Crippen LogP) is 3.69. The van der Waals surface area contributed by atoms with Gasteiger partial charge >= 0.3 is 0 Å². The number of rotatable bonds is 3. The van der Waals surface area contributed by atoms with E-state index in [0.717, 1.165) is 21.0 Å². The molecule has 24 heavy (non-hydrogen) atoms. The van der Waals surface area contributed by atoms with Gasteiger partial charge in [-0.15, -0.1) is 0 Å². The summed E-state index contributed by atoms with van der Waals surface area (Å²) < 4.78 is 26.7. The molecule has 2 aromatic carbocycles. The Morgan fingerprint density at radius 2 is 1.38 bits per heavy atom. The Hall–Kier alpha value is -2.14. The van der Waals surface area contributed by atoms with Crippen LogP contribution in [-0.2, 0) is 10.0 Å². The lowest BCUT2D eigenvalue weighted by molar-refractivity contribution is 0.0883. The van der Waals surface area contributed by atoms with E-state index in [2.05, 4.69) is 0 Å². The van der Waals surface area contributed by atoms with E-state index in [1.165, 1.54) is 7.05 Å². The standard InChI is InChI=1S/C19H23NO3S/c1-12-9-15(4)18(16(5)10-12)24(22,23)20(6)19(21)17-8-7-13(2)14(3)11-17/h7-11H,1-6H3. The summed E-state index contributed by atoms with van der Waals surface area (Å²) in [4.78, 5) is 12.9. The van der Waals surface area contributed by atoms with Crippen LogP contribution in [0, 0.1) is 34.6 Å². The molecule has 0 N–H and O–H groups in total. The molecule has 2 rings (SSSR count). The molecule has 0 aliphatic carbocycles. The number of carbonyl (C=O) groups excluding carboxylic acids is 1. The van der Waals surface area contributed by atoms with Crippen molar-refractivity contribution in [1.82, 2.24) is 4.31 Å². The number of hydrogen-bond acceptors (Lipinski definition) is 3. The first-order chi connectivity index (χ1) is 11.1. The molecule has 0 saturated heterocycles. The normalized spacial score (nSPS) is 11.4. The van der Waals surface area contributed by atoms with Crippen LogP contribution in [0.25, 0.3) is 0 Å². The molecule has 4 nitrogen and oxygen atoms in total. The van der Waals surface area contributed by atoms with Gasteiger partial charge in [0.15, 0.2) is 0 Å². The Kier molecular flexibility index (Phi) is 4.85. The summed E-state index contributed by atoms with van der Waals surface area (Å²) in [7, 11) is -2.59. The molecule has 5 heteroatoms. The third kappa shape index (κ3) is 3.22. The zero-order chi connectivity index (χ0) is 18.2. The van der Waals surface area contributed by atoms with Gasteiger partial charge in [-0.2, -0.15) is 0 Å². The van der Waals surface area contributed by atoms with Crippen molar-refractivity contribution in [3.63, 3.8) is 0 Å². The second-order valence-electron chi connectivity index (χ2n) is 6.30. The third-order valence-corrected chi connectivity index (χ3v) is 6.31. The number of amides is 1. The highest BCUT2D eigenvalue weighted by Gasteiger charge is 2.29. The molecule has 0 spiro atoms. The van der Waals surface area contributed by atoms with Crippen molar-refractivity contribution in [1.29, 1.82) is 0 Å². The molecule has 0 aromatic heterocycles. The summed E-state index contributed by atoms with van der Waals surface area (Å²) in [6.07, 6.45) is 0. The van der Waals surface area contributed by atoms with Crippen LogP contribution in [0.1, 0.15) is 38.2 Å². The largest absolute Gasteiger partial charge is 0.268 e. The molecule has 0 atom stereocenters. The average Bonchev–Trinajstić information content (AvgIpc) is 2.47. The molecule has 0 heterocycles. The Morgan fingerprint density at radius 3 is 1.88 bits per heavy atom. The van der Waals surface area contributed by atoms with Crippen molar-refractivity contribution >= 4 is 15.9 Å². The SMILES string of the molecule is Cc1cc(C)c(S(=O)(=O)N(C)C(=O)c2ccc(C)c(C)c2)c(C)c1. The topological polar surface area (TPSA) is 54.5 Å². The average molecular weight is 345 g/mol. The van der Waals surface area contributed by atoms with Crippen LogP contribution in [0.2, 0.25) is 0 Å². The van der Waals surface area contributed by atoms with Gasteiger partial charge in [0, 0.05) is 12.6 Å². The lowest BCUT2D eigenvalue weighted by atomic mass is 10.1.